The number of amides is 4. The number of nitrogens with zero attached hydrogens (tertiary/aromatic N) is 3. The molecule has 2 heterocycles. The molecule has 36 heavy (non-hydrogen) atoms. The van der Waals surface area contributed by atoms with Crippen molar-refractivity contribution in [1.82, 2.24) is 25.3 Å². The molecule has 11 nitrogen and oxygen atoms in total. The third-order valence-corrected chi connectivity index (χ3v) is 6.49. The molecule has 2 N–H and O–H groups in total. The first-order chi connectivity index (χ1) is 17.3. The summed E-state index contributed by atoms with van der Waals surface area (Å²) in [4.78, 5) is 44.1. The number of hydrogen-bond acceptors (Lipinski definition) is 7. The summed E-state index contributed by atoms with van der Waals surface area (Å²) >= 11 is 0. The first-order valence-electron chi connectivity index (χ1n) is 12.2. The van der Waals surface area contributed by atoms with E-state index in [0.717, 1.165) is 0 Å². The van der Waals surface area contributed by atoms with Crippen LogP contribution < -0.4 is 20.1 Å². The summed E-state index contributed by atoms with van der Waals surface area (Å²) in [6.45, 7) is 8.46. The zero-order valence-electron chi connectivity index (χ0n) is 21.9. The van der Waals surface area contributed by atoms with Gasteiger partial charge < -0.3 is 29.7 Å². The molecule has 0 aromatic heterocycles. The van der Waals surface area contributed by atoms with Gasteiger partial charge in [0.2, 0.25) is 0 Å². The van der Waals surface area contributed by atoms with Gasteiger partial charge in [0.1, 0.15) is 0 Å². The Morgan fingerprint density at radius 1 is 1.17 bits per heavy atom. The number of esters is 1. The van der Waals surface area contributed by atoms with Crippen molar-refractivity contribution in [3.05, 3.63) is 35.0 Å². The third-order valence-electron chi connectivity index (χ3n) is 6.49. The molecule has 0 radical (unpaired) electrons. The van der Waals surface area contributed by atoms with E-state index in [0.29, 0.717) is 61.1 Å². The molecule has 1 fully saturated rings. The smallest absolute Gasteiger partial charge is 0.338 e. The standard InChI is InChI=1S/C25H37N5O6/c1-7-26-24(32)30-13-12-29(14-16(30)3)15-18-20(23(31)36-8-2)21(27-25(33)28(18)4)17-10-9-11-19(34-5)22(17)35-6/h9-11,16,21H,7-8,12-15H2,1-6H3,(H,26,32)(H,27,33)/t16-,21+/m1/s1. The molecule has 2 aliphatic heterocycles. The van der Waals surface area contributed by atoms with Gasteiger partial charge in [-0.1, -0.05) is 12.1 Å². The second kappa shape index (κ2) is 12.0. The zero-order chi connectivity index (χ0) is 26.4. The van der Waals surface area contributed by atoms with Crippen LogP contribution in [-0.2, 0) is 9.53 Å². The second-order valence-electron chi connectivity index (χ2n) is 8.72. The molecule has 1 aromatic rings. The monoisotopic (exact) mass is 503 g/mol. The van der Waals surface area contributed by atoms with Gasteiger partial charge in [0.05, 0.1) is 32.4 Å². The summed E-state index contributed by atoms with van der Waals surface area (Å²) in [6.07, 6.45) is 0. The number of piperazine rings is 1. The summed E-state index contributed by atoms with van der Waals surface area (Å²) < 4.78 is 16.5. The van der Waals surface area contributed by atoms with E-state index >= 15 is 0 Å². The lowest BCUT2D eigenvalue weighted by atomic mass is 9.93. The fourth-order valence-corrected chi connectivity index (χ4v) is 4.71. The van der Waals surface area contributed by atoms with Crippen LogP contribution in [0.2, 0.25) is 0 Å². The predicted molar refractivity (Wildman–Crippen MR) is 134 cm³/mol. The SMILES string of the molecule is CCNC(=O)N1CCN(CC2=C(C(=O)OCC)[C@H](c3cccc(OC)c3OC)NC(=O)N2C)C[C@H]1C. The predicted octanol–water partition coefficient (Wildman–Crippen LogP) is 1.95. The highest BCUT2D eigenvalue weighted by Crippen LogP contribution is 2.40. The number of para-hydroxylation sites is 1. The van der Waals surface area contributed by atoms with E-state index in [1.54, 1.807) is 32.2 Å². The molecule has 2 atom stereocenters. The van der Waals surface area contributed by atoms with E-state index in [1.807, 2.05) is 18.7 Å². The maximum Gasteiger partial charge on any atom is 0.338 e. The van der Waals surface area contributed by atoms with Crippen molar-refractivity contribution in [1.29, 1.82) is 0 Å². The number of hydrogen-bond donors (Lipinski definition) is 2. The molecule has 0 unspecified atom stereocenters. The highest BCUT2D eigenvalue weighted by Gasteiger charge is 2.39. The number of benzene rings is 1. The quantitative estimate of drug-likeness (QED) is 0.522. The molecule has 198 valence electrons. The fraction of sp³-hybridized carbons (Fsp3) is 0.560. The Bertz CT molecular complexity index is 1010. The number of rotatable bonds is 8. The van der Waals surface area contributed by atoms with Crippen LogP contribution in [0, 0.1) is 0 Å². The molecule has 1 saturated heterocycles. The molecule has 0 saturated carbocycles. The van der Waals surface area contributed by atoms with Gasteiger partial charge >= 0.3 is 18.0 Å². The lowest BCUT2D eigenvalue weighted by Gasteiger charge is -2.42. The molecule has 11 heteroatoms. The van der Waals surface area contributed by atoms with Gasteiger partial charge in [0.25, 0.3) is 0 Å². The minimum atomic E-state index is -0.790. The van der Waals surface area contributed by atoms with Crippen LogP contribution in [-0.4, -0.2) is 99.4 Å². The molecule has 3 rings (SSSR count). The Morgan fingerprint density at radius 3 is 2.53 bits per heavy atom. The van der Waals surface area contributed by atoms with E-state index < -0.39 is 12.0 Å². The normalized spacial score (nSPS) is 20.7. The van der Waals surface area contributed by atoms with Crippen LogP contribution >= 0.6 is 0 Å². The van der Waals surface area contributed by atoms with Gasteiger partial charge in [-0.2, -0.15) is 0 Å². The first-order valence-corrected chi connectivity index (χ1v) is 12.2. The van der Waals surface area contributed by atoms with Crippen LogP contribution in [0.4, 0.5) is 9.59 Å². The largest absolute Gasteiger partial charge is 0.493 e. The number of carbonyl (C=O) groups is 3. The number of carbonyl (C=O) groups excluding carboxylic acids is 3. The number of nitrogens with one attached hydrogen (secondary N) is 2. The number of ether oxygens (including phenoxy) is 3. The lowest BCUT2D eigenvalue weighted by Crippen LogP contribution is -2.57. The zero-order valence-corrected chi connectivity index (χ0v) is 21.9. The molecule has 1 aromatic carbocycles. The molecular formula is C25H37N5O6. The Hall–Kier alpha value is -3.47. The van der Waals surface area contributed by atoms with Gasteiger partial charge in [-0.25, -0.2) is 14.4 Å². The third kappa shape index (κ3) is 5.51. The summed E-state index contributed by atoms with van der Waals surface area (Å²) in [7, 11) is 4.68. The number of urea groups is 2. The molecular weight excluding hydrogens is 466 g/mol. The maximum atomic E-state index is 13.3. The average Bonchev–Trinajstić information content (AvgIpc) is 2.86. The Morgan fingerprint density at radius 2 is 1.92 bits per heavy atom. The van der Waals surface area contributed by atoms with Crippen LogP contribution in [0.3, 0.4) is 0 Å². The van der Waals surface area contributed by atoms with Gasteiger partial charge in [-0.15, -0.1) is 0 Å². The summed E-state index contributed by atoms with van der Waals surface area (Å²) in [5.41, 5.74) is 1.48. The van der Waals surface area contributed by atoms with E-state index in [2.05, 4.69) is 15.5 Å². The lowest BCUT2D eigenvalue weighted by molar-refractivity contribution is -0.139. The van der Waals surface area contributed by atoms with Crippen molar-refractivity contribution in [2.75, 3.05) is 60.6 Å². The first kappa shape index (κ1) is 27.1. The van der Waals surface area contributed by atoms with Gasteiger partial charge in [0.15, 0.2) is 11.5 Å². The van der Waals surface area contributed by atoms with Crippen LogP contribution in [0.15, 0.2) is 29.5 Å². The number of methoxy groups -OCH3 is 2. The van der Waals surface area contributed by atoms with Crippen molar-refractivity contribution in [3.63, 3.8) is 0 Å². The summed E-state index contributed by atoms with van der Waals surface area (Å²) in [5.74, 6) is 0.409. The minimum absolute atomic E-state index is 0.0334. The van der Waals surface area contributed by atoms with Gasteiger partial charge in [0, 0.05) is 57.1 Å². The van der Waals surface area contributed by atoms with Gasteiger partial charge in [-0.05, 0) is 26.8 Å². The molecule has 0 spiro atoms. The van der Waals surface area contributed by atoms with Crippen molar-refractivity contribution in [2.45, 2.75) is 32.9 Å². The summed E-state index contributed by atoms with van der Waals surface area (Å²) in [5, 5.41) is 5.77. The molecule has 0 bridgehead atoms. The Kier molecular flexibility index (Phi) is 9.03. The molecule has 4 amide bonds. The topological polar surface area (TPSA) is 113 Å². The van der Waals surface area contributed by atoms with E-state index in [9.17, 15) is 14.4 Å². The Balaban J connectivity index is 2.01. The van der Waals surface area contributed by atoms with E-state index in [-0.39, 0.29) is 24.7 Å². The van der Waals surface area contributed by atoms with Crippen LogP contribution in [0.1, 0.15) is 32.4 Å². The fourth-order valence-electron chi connectivity index (χ4n) is 4.71. The highest BCUT2D eigenvalue weighted by atomic mass is 16.5. The van der Waals surface area contributed by atoms with E-state index in [4.69, 9.17) is 14.2 Å². The van der Waals surface area contributed by atoms with Crippen molar-refractivity contribution >= 4 is 18.0 Å². The van der Waals surface area contributed by atoms with E-state index in [1.165, 1.54) is 19.1 Å². The van der Waals surface area contributed by atoms with Crippen molar-refractivity contribution in [3.8, 4) is 11.5 Å². The van der Waals surface area contributed by atoms with Crippen LogP contribution in [0.25, 0.3) is 0 Å². The summed E-state index contributed by atoms with van der Waals surface area (Å²) in [6, 6.07) is 4.07. The average molecular weight is 504 g/mol. The maximum absolute atomic E-state index is 13.3. The molecule has 2 aliphatic rings. The van der Waals surface area contributed by atoms with Crippen molar-refractivity contribution < 1.29 is 28.6 Å². The minimum Gasteiger partial charge on any atom is -0.493 e. The number of likely N-dealkylation sites (N-methyl/N-ethyl adjacent to an activating group) is 1. The van der Waals surface area contributed by atoms with Crippen molar-refractivity contribution in [2.24, 2.45) is 0 Å². The van der Waals surface area contributed by atoms with Gasteiger partial charge in [-0.3, -0.25) is 9.80 Å². The highest BCUT2D eigenvalue weighted by molar-refractivity contribution is 5.95. The Labute approximate surface area is 212 Å². The second-order valence-corrected chi connectivity index (χ2v) is 8.72. The molecule has 0 aliphatic carbocycles. The van der Waals surface area contributed by atoms with Crippen LogP contribution in [0.5, 0.6) is 11.5 Å².